The summed E-state index contributed by atoms with van der Waals surface area (Å²) in [6.07, 6.45) is 0. The van der Waals surface area contributed by atoms with Gasteiger partial charge in [0.25, 0.3) is 0 Å². The van der Waals surface area contributed by atoms with Crippen molar-refractivity contribution in [2.75, 3.05) is 5.73 Å². The molecule has 0 aromatic heterocycles. The molecular formula is C15H14NNaO3. The molecule has 0 unspecified atom stereocenters. The average molecular weight is 279 g/mol. The van der Waals surface area contributed by atoms with E-state index in [9.17, 15) is 9.59 Å². The van der Waals surface area contributed by atoms with Gasteiger partial charge in [-0.15, -0.1) is 0 Å². The monoisotopic (exact) mass is 279 g/mol. The number of carboxylic acids is 1. The molecule has 0 bridgehead atoms. The molecule has 0 amide bonds. The number of aromatic carboxylic acids is 1. The summed E-state index contributed by atoms with van der Waals surface area (Å²) in [4.78, 5) is 23.3. The second-order valence-corrected chi connectivity index (χ2v) is 4.27. The van der Waals surface area contributed by atoms with Crippen molar-refractivity contribution in [2.45, 2.75) is 6.92 Å². The Bertz CT molecular complexity index is 651. The minimum absolute atomic E-state index is 0. The van der Waals surface area contributed by atoms with Gasteiger partial charge in [-0.05, 0) is 19.1 Å². The SMILES string of the molecule is Cc1ccc(C(=O)c2cccc(C(=O)O)c2N)cc1.[NaH]. The fourth-order valence-corrected chi connectivity index (χ4v) is 1.81. The summed E-state index contributed by atoms with van der Waals surface area (Å²) in [5.41, 5.74) is 7.44. The van der Waals surface area contributed by atoms with Gasteiger partial charge < -0.3 is 10.8 Å². The standard InChI is InChI=1S/C15H13NO3.Na.H/c1-9-5-7-10(8-6-9)14(17)11-3-2-4-12(13(11)16)15(18)19;;/h2-8H,16H2,1H3,(H,18,19);;. The summed E-state index contributed by atoms with van der Waals surface area (Å²) in [6.45, 7) is 1.92. The van der Waals surface area contributed by atoms with E-state index in [1.807, 2.05) is 19.1 Å². The Kier molecular flexibility index (Phi) is 5.51. The number of hydrogen-bond acceptors (Lipinski definition) is 3. The van der Waals surface area contributed by atoms with Gasteiger partial charge in [0.1, 0.15) is 0 Å². The molecule has 0 atom stereocenters. The number of rotatable bonds is 3. The Balaban J connectivity index is 0.00000200. The third kappa shape index (κ3) is 3.28. The van der Waals surface area contributed by atoms with Crippen molar-refractivity contribution < 1.29 is 14.7 Å². The summed E-state index contributed by atoms with van der Waals surface area (Å²) in [5, 5.41) is 8.99. The first kappa shape index (κ1) is 16.4. The van der Waals surface area contributed by atoms with Crippen LogP contribution in [0.15, 0.2) is 42.5 Å². The predicted molar refractivity (Wildman–Crippen MR) is 79.6 cm³/mol. The molecule has 5 heteroatoms. The number of carbonyl (C=O) groups excluding carboxylic acids is 1. The quantitative estimate of drug-likeness (QED) is 0.510. The number of hydrogen-bond donors (Lipinski definition) is 2. The summed E-state index contributed by atoms with van der Waals surface area (Å²) < 4.78 is 0. The number of ketones is 1. The average Bonchev–Trinajstić information content (AvgIpc) is 2.38. The first-order valence-corrected chi connectivity index (χ1v) is 5.74. The fourth-order valence-electron chi connectivity index (χ4n) is 1.81. The Hall–Kier alpha value is -1.62. The van der Waals surface area contributed by atoms with Crippen LogP contribution in [-0.4, -0.2) is 46.4 Å². The maximum atomic E-state index is 12.3. The first-order chi connectivity index (χ1) is 9.00. The van der Waals surface area contributed by atoms with E-state index in [0.29, 0.717) is 5.56 Å². The van der Waals surface area contributed by atoms with Gasteiger partial charge in [0.15, 0.2) is 5.78 Å². The molecular weight excluding hydrogens is 265 g/mol. The van der Waals surface area contributed by atoms with E-state index in [1.165, 1.54) is 18.2 Å². The molecule has 0 saturated heterocycles. The van der Waals surface area contributed by atoms with Gasteiger partial charge >= 0.3 is 35.5 Å². The molecule has 98 valence electrons. The van der Waals surface area contributed by atoms with E-state index in [2.05, 4.69) is 0 Å². The molecule has 0 aliphatic carbocycles. The van der Waals surface area contributed by atoms with Crippen LogP contribution in [-0.2, 0) is 0 Å². The van der Waals surface area contributed by atoms with E-state index >= 15 is 0 Å². The van der Waals surface area contributed by atoms with Crippen molar-refractivity contribution in [1.29, 1.82) is 0 Å². The minimum atomic E-state index is -1.14. The van der Waals surface area contributed by atoms with E-state index in [-0.39, 0.29) is 52.2 Å². The van der Waals surface area contributed by atoms with Crippen molar-refractivity contribution in [3.63, 3.8) is 0 Å². The second kappa shape index (κ2) is 6.70. The molecule has 2 rings (SSSR count). The van der Waals surface area contributed by atoms with Crippen LogP contribution in [0.25, 0.3) is 0 Å². The Morgan fingerprint density at radius 3 is 2.10 bits per heavy atom. The first-order valence-electron chi connectivity index (χ1n) is 5.74. The molecule has 0 spiro atoms. The van der Waals surface area contributed by atoms with Crippen molar-refractivity contribution in [3.05, 3.63) is 64.7 Å². The van der Waals surface area contributed by atoms with Gasteiger partial charge in [-0.25, -0.2) is 4.79 Å². The van der Waals surface area contributed by atoms with Crippen LogP contribution in [0.1, 0.15) is 31.8 Å². The number of anilines is 1. The molecule has 0 saturated carbocycles. The van der Waals surface area contributed by atoms with E-state index in [0.717, 1.165) is 5.56 Å². The predicted octanol–water partition coefficient (Wildman–Crippen LogP) is 1.86. The van der Waals surface area contributed by atoms with Gasteiger partial charge in [-0.1, -0.05) is 35.9 Å². The molecule has 0 fully saturated rings. The van der Waals surface area contributed by atoms with E-state index < -0.39 is 5.97 Å². The van der Waals surface area contributed by atoms with Crippen LogP contribution >= 0.6 is 0 Å². The van der Waals surface area contributed by atoms with Gasteiger partial charge in [-0.3, -0.25) is 4.79 Å². The van der Waals surface area contributed by atoms with Crippen molar-refractivity contribution in [2.24, 2.45) is 0 Å². The molecule has 2 aromatic rings. The van der Waals surface area contributed by atoms with Gasteiger partial charge in [0, 0.05) is 11.1 Å². The van der Waals surface area contributed by atoms with E-state index in [1.54, 1.807) is 12.1 Å². The zero-order valence-corrected chi connectivity index (χ0v) is 10.4. The Labute approximate surface area is 138 Å². The van der Waals surface area contributed by atoms with Crippen LogP contribution in [0.3, 0.4) is 0 Å². The van der Waals surface area contributed by atoms with Crippen molar-refractivity contribution in [3.8, 4) is 0 Å². The molecule has 0 heterocycles. The number of para-hydroxylation sites is 1. The fraction of sp³-hybridized carbons (Fsp3) is 0.0667. The molecule has 0 aliphatic rings. The number of carbonyl (C=O) groups is 2. The van der Waals surface area contributed by atoms with Gasteiger partial charge in [0.2, 0.25) is 0 Å². The normalized spacial score (nSPS) is 9.65. The maximum absolute atomic E-state index is 12.3. The number of nitrogens with two attached hydrogens (primary N) is 1. The second-order valence-electron chi connectivity index (χ2n) is 4.27. The molecule has 20 heavy (non-hydrogen) atoms. The summed E-state index contributed by atoms with van der Waals surface area (Å²) in [6, 6.07) is 11.5. The number of carboxylic acid groups (broad SMARTS) is 1. The molecule has 4 nitrogen and oxygen atoms in total. The number of nitrogen functional groups attached to an aromatic ring is 1. The molecule has 3 N–H and O–H groups in total. The number of benzene rings is 2. The van der Waals surface area contributed by atoms with Crippen LogP contribution < -0.4 is 5.73 Å². The topological polar surface area (TPSA) is 80.4 Å². The van der Waals surface area contributed by atoms with Crippen LogP contribution in [0.4, 0.5) is 5.69 Å². The van der Waals surface area contributed by atoms with Crippen LogP contribution in [0, 0.1) is 6.92 Å². The van der Waals surface area contributed by atoms with Crippen LogP contribution in [0.2, 0.25) is 0 Å². The Morgan fingerprint density at radius 2 is 1.55 bits per heavy atom. The zero-order chi connectivity index (χ0) is 14.0. The summed E-state index contributed by atoms with van der Waals surface area (Å²) >= 11 is 0. The molecule has 2 aromatic carbocycles. The zero-order valence-electron chi connectivity index (χ0n) is 10.4. The van der Waals surface area contributed by atoms with Crippen molar-refractivity contribution in [1.82, 2.24) is 0 Å². The molecule has 0 radical (unpaired) electrons. The van der Waals surface area contributed by atoms with Crippen molar-refractivity contribution >= 4 is 47.0 Å². The third-order valence-corrected chi connectivity index (χ3v) is 2.89. The Morgan fingerprint density at radius 1 is 1.00 bits per heavy atom. The summed E-state index contributed by atoms with van der Waals surface area (Å²) in [7, 11) is 0. The van der Waals surface area contributed by atoms with E-state index in [4.69, 9.17) is 10.8 Å². The van der Waals surface area contributed by atoms with Gasteiger partial charge in [0.05, 0.1) is 11.3 Å². The third-order valence-electron chi connectivity index (χ3n) is 2.89. The number of aryl methyl sites for hydroxylation is 1. The summed E-state index contributed by atoms with van der Waals surface area (Å²) in [5.74, 6) is -1.42. The van der Waals surface area contributed by atoms with Crippen LogP contribution in [0.5, 0.6) is 0 Å². The van der Waals surface area contributed by atoms with Gasteiger partial charge in [-0.2, -0.15) is 0 Å². The molecule has 0 aliphatic heterocycles.